The van der Waals surface area contributed by atoms with E-state index in [1.807, 2.05) is 12.1 Å². The Labute approximate surface area is 149 Å². The van der Waals surface area contributed by atoms with Crippen molar-refractivity contribution < 1.29 is 9.53 Å². The maximum absolute atomic E-state index is 12.8. The summed E-state index contributed by atoms with van der Waals surface area (Å²) in [4.78, 5) is 38.3. The Morgan fingerprint density at radius 3 is 2.52 bits per heavy atom. The summed E-state index contributed by atoms with van der Waals surface area (Å²) in [5, 5.41) is 0.627. The Bertz CT molecular complexity index is 917. The van der Waals surface area contributed by atoms with E-state index >= 15 is 0 Å². The van der Waals surface area contributed by atoms with Crippen LogP contribution in [0, 0.1) is 0 Å². The fourth-order valence-electron chi connectivity index (χ4n) is 2.81. The van der Waals surface area contributed by atoms with Crippen LogP contribution in [-0.2, 0) is 18.8 Å². The highest BCUT2D eigenvalue weighted by atomic mass is 35.5. The zero-order valence-corrected chi connectivity index (χ0v) is 14.7. The number of halogens is 1. The van der Waals surface area contributed by atoms with Gasteiger partial charge in [-0.2, -0.15) is 0 Å². The van der Waals surface area contributed by atoms with Crippen LogP contribution >= 0.6 is 11.6 Å². The van der Waals surface area contributed by atoms with Gasteiger partial charge < -0.3 is 9.64 Å². The van der Waals surface area contributed by atoms with Gasteiger partial charge in [0.25, 0.3) is 11.5 Å². The summed E-state index contributed by atoms with van der Waals surface area (Å²) < 4.78 is 7.90. The van der Waals surface area contributed by atoms with Crippen molar-refractivity contribution in [2.24, 2.45) is 14.1 Å². The van der Waals surface area contributed by atoms with Gasteiger partial charge in [0.15, 0.2) is 0 Å². The summed E-state index contributed by atoms with van der Waals surface area (Å²) >= 11 is 5.90. The normalized spacial score (nSPS) is 17.6. The molecule has 1 aromatic carbocycles. The van der Waals surface area contributed by atoms with Crippen LogP contribution in [0.15, 0.2) is 39.9 Å². The average Bonchev–Trinajstić information content (AvgIpc) is 2.63. The molecule has 0 radical (unpaired) electrons. The molecule has 0 saturated carbocycles. The number of nitrogens with zero attached hydrogens (tertiary/aromatic N) is 3. The molecule has 132 valence electrons. The number of aromatic nitrogens is 2. The van der Waals surface area contributed by atoms with Crippen LogP contribution in [0.25, 0.3) is 0 Å². The number of benzene rings is 1. The highest BCUT2D eigenvalue weighted by molar-refractivity contribution is 6.30. The molecule has 8 heteroatoms. The van der Waals surface area contributed by atoms with E-state index in [1.165, 1.54) is 24.7 Å². The van der Waals surface area contributed by atoms with Crippen molar-refractivity contribution >= 4 is 17.5 Å². The molecule has 1 saturated heterocycles. The fraction of sp³-hybridized carbons (Fsp3) is 0.353. The van der Waals surface area contributed by atoms with E-state index in [0.29, 0.717) is 24.7 Å². The van der Waals surface area contributed by atoms with Gasteiger partial charge in [-0.1, -0.05) is 23.7 Å². The Morgan fingerprint density at radius 2 is 1.84 bits per heavy atom. The van der Waals surface area contributed by atoms with Gasteiger partial charge in [0.1, 0.15) is 11.8 Å². The molecule has 2 heterocycles. The van der Waals surface area contributed by atoms with Crippen molar-refractivity contribution in [3.8, 4) is 0 Å². The molecule has 1 atom stereocenters. The fourth-order valence-corrected chi connectivity index (χ4v) is 2.94. The lowest BCUT2D eigenvalue weighted by Gasteiger charge is -2.33. The van der Waals surface area contributed by atoms with Gasteiger partial charge in [-0.25, -0.2) is 4.79 Å². The van der Waals surface area contributed by atoms with E-state index in [4.69, 9.17) is 16.3 Å². The van der Waals surface area contributed by atoms with Gasteiger partial charge in [0, 0.05) is 31.7 Å². The Hall–Kier alpha value is -2.38. The predicted molar refractivity (Wildman–Crippen MR) is 93.0 cm³/mol. The first-order valence-electron chi connectivity index (χ1n) is 7.82. The SMILES string of the molecule is Cn1c(C(=O)N2CCO[C@H](c3ccc(Cl)cc3)C2)cc(=O)n(C)c1=O. The minimum absolute atomic E-state index is 0.0739. The molecule has 25 heavy (non-hydrogen) atoms. The molecule has 2 aromatic rings. The molecular formula is C17H18ClN3O4. The number of hydrogen-bond donors (Lipinski definition) is 0. The lowest BCUT2D eigenvalue weighted by atomic mass is 10.1. The predicted octanol–water partition coefficient (Wildman–Crippen LogP) is 0.951. The van der Waals surface area contributed by atoms with Crippen molar-refractivity contribution in [3.05, 3.63) is 67.4 Å². The second kappa shape index (κ2) is 6.85. The van der Waals surface area contributed by atoms with Crippen molar-refractivity contribution in [1.29, 1.82) is 0 Å². The third-order valence-corrected chi connectivity index (χ3v) is 4.59. The highest BCUT2D eigenvalue weighted by Crippen LogP contribution is 2.24. The highest BCUT2D eigenvalue weighted by Gasteiger charge is 2.28. The summed E-state index contributed by atoms with van der Waals surface area (Å²) in [6.45, 7) is 1.11. The first-order chi connectivity index (χ1) is 11.9. The quantitative estimate of drug-likeness (QED) is 0.796. The van der Waals surface area contributed by atoms with Gasteiger partial charge in [-0.3, -0.25) is 18.7 Å². The van der Waals surface area contributed by atoms with E-state index in [1.54, 1.807) is 17.0 Å². The summed E-state index contributed by atoms with van der Waals surface area (Å²) in [6, 6.07) is 8.44. The van der Waals surface area contributed by atoms with Gasteiger partial charge in [-0.15, -0.1) is 0 Å². The van der Waals surface area contributed by atoms with Crippen LogP contribution in [0.4, 0.5) is 0 Å². The molecule has 3 rings (SSSR count). The zero-order valence-electron chi connectivity index (χ0n) is 13.9. The Kier molecular flexibility index (Phi) is 4.78. The second-order valence-corrected chi connectivity index (χ2v) is 6.37. The Morgan fingerprint density at radius 1 is 1.16 bits per heavy atom. The summed E-state index contributed by atoms with van der Waals surface area (Å²) in [5.41, 5.74) is -0.0445. The van der Waals surface area contributed by atoms with Crippen molar-refractivity contribution in [2.75, 3.05) is 19.7 Å². The van der Waals surface area contributed by atoms with Crippen molar-refractivity contribution in [2.45, 2.75) is 6.10 Å². The Balaban J connectivity index is 1.87. The first kappa shape index (κ1) is 17.4. The molecular weight excluding hydrogens is 346 g/mol. The molecule has 1 amide bonds. The monoisotopic (exact) mass is 363 g/mol. The first-order valence-corrected chi connectivity index (χ1v) is 8.19. The van der Waals surface area contributed by atoms with Crippen LogP contribution in [-0.4, -0.2) is 39.6 Å². The number of hydrogen-bond acceptors (Lipinski definition) is 4. The van der Waals surface area contributed by atoms with E-state index in [2.05, 4.69) is 0 Å². The van der Waals surface area contributed by atoms with Crippen LogP contribution in [0.3, 0.4) is 0 Å². The minimum atomic E-state index is -0.529. The maximum atomic E-state index is 12.8. The topological polar surface area (TPSA) is 73.5 Å². The number of carbonyl (C=O) groups excluding carboxylic acids is 1. The molecule has 7 nitrogen and oxygen atoms in total. The summed E-state index contributed by atoms with van der Waals surface area (Å²) in [6.07, 6.45) is -0.279. The van der Waals surface area contributed by atoms with Crippen molar-refractivity contribution in [1.82, 2.24) is 14.0 Å². The number of ether oxygens (including phenoxy) is 1. The molecule has 1 fully saturated rings. The summed E-state index contributed by atoms with van der Waals surface area (Å²) in [5.74, 6) is -0.362. The largest absolute Gasteiger partial charge is 0.370 e. The van der Waals surface area contributed by atoms with E-state index in [-0.39, 0.29) is 17.7 Å². The van der Waals surface area contributed by atoms with Gasteiger partial charge in [0.05, 0.1) is 13.2 Å². The minimum Gasteiger partial charge on any atom is -0.370 e. The van der Waals surface area contributed by atoms with Gasteiger partial charge in [0.2, 0.25) is 0 Å². The van der Waals surface area contributed by atoms with Crippen LogP contribution in [0.1, 0.15) is 22.2 Å². The van der Waals surface area contributed by atoms with E-state index < -0.39 is 11.2 Å². The third-order valence-electron chi connectivity index (χ3n) is 4.34. The van der Waals surface area contributed by atoms with Gasteiger partial charge >= 0.3 is 5.69 Å². The number of amides is 1. The summed E-state index contributed by atoms with van der Waals surface area (Å²) in [7, 11) is 2.86. The maximum Gasteiger partial charge on any atom is 0.331 e. The van der Waals surface area contributed by atoms with Crippen molar-refractivity contribution in [3.63, 3.8) is 0 Å². The molecule has 0 bridgehead atoms. The lowest BCUT2D eigenvalue weighted by molar-refractivity contribution is -0.0232. The molecule has 0 N–H and O–H groups in total. The number of rotatable bonds is 2. The van der Waals surface area contributed by atoms with Crippen LogP contribution in [0.2, 0.25) is 5.02 Å². The third kappa shape index (κ3) is 3.38. The molecule has 0 aliphatic carbocycles. The smallest absolute Gasteiger partial charge is 0.331 e. The molecule has 0 unspecified atom stereocenters. The lowest BCUT2D eigenvalue weighted by Crippen LogP contribution is -2.46. The second-order valence-electron chi connectivity index (χ2n) is 5.93. The average molecular weight is 364 g/mol. The molecule has 0 spiro atoms. The van der Waals surface area contributed by atoms with E-state index in [0.717, 1.165) is 10.1 Å². The van der Waals surface area contributed by atoms with E-state index in [9.17, 15) is 14.4 Å². The zero-order chi connectivity index (χ0) is 18.1. The van der Waals surface area contributed by atoms with Crippen LogP contribution in [0.5, 0.6) is 0 Å². The van der Waals surface area contributed by atoms with Gasteiger partial charge in [-0.05, 0) is 17.7 Å². The number of carbonyl (C=O) groups is 1. The standard InChI is InChI=1S/C17H18ClN3O4/c1-19-13(9-15(22)20(2)17(19)24)16(23)21-7-8-25-14(10-21)11-3-5-12(18)6-4-11/h3-6,9,14H,7-8,10H2,1-2H3/t14-/m0/s1. The van der Waals surface area contributed by atoms with Crippen LogP contribution < -0.4 is 11.2 Å². The molecule has 1 aliphatic rings. The molecule has 1 aromatic heterocycles. The molecule has 1 aliphatic heterocycles. The number of morpholine rings is 1.